The lowest BCUT2D eigenvalue weighted by atomic mass is 9.93. The summed E-state index contributed by atoms with van der Waals surface area (Å²) < 4.78 is 34.6. The Kier molecular flexibility index (Phi) is 7.34. The molecular formula is C52H34N4O2S. The highest BCUT2D eigenvalue weighted by atomic mass is 32.2. The van der Waals surface area contributed by atoms with Gasteiger partial charge in [0, 0.05) is 57.7 Å². The highest BCUT2D eigenvalue weighted by molar-refractivity contribution is 7.88. The Morgan fingerprint density at radius 3 is 1.03 bits per heavy atom. The largest absolute Gasteiger partial charge is 0.364 e. The quantitative estimate of drug-likeness (QED) is 0.167. The minimum absolute atomic E-state index is 0.391. The second-order valence-electron chi connectivity index (χ2n) is 15.5. The Morgan fingerprint density at radius 1 is 0.356 bits per heavy atom. The van der Waals surface area contributed by atoms with Gasteiger partial charge in [0.25, 0.3) is 0 Å². The summed E-state index contributed by atoms with van der Waals surface area (Å²) in [6.07, 6.45) is 1.81. The lowest BCUT2D eigenvalue weighted by Gasteiger charge is -2.33. The maximum atomic E-state index is 13.1. The van der Waals surface area contributed by atoms with Crippen molar-refractivity contribution in [2.45, 2.75) is 12.8 Å². The van der Waals surface area contributed by atoms with Crippen LogP contribution >= 0.6 is 0 Å². The van der Waals surface area contributed by atoms with E-state index in [0.29, 0.717) is 10.7 Å². The summed E-state index contributed by atoms with van der Waals surface area (Å²) in [5.74, 6) is 0. The summed E-state index contributed by atoms with van der Waals surface area (Å²) in [7, 11) is -4.04. The number of fused-ring (bicyclic) bond motifs is 10. The normalized spacial score (nSPS) is 14.4. The van der Waals surface area contributed by atoms with Gasteiger partial charge in [-0.15, -0.1) is 8.80 Å². The zero-order chi connectivity index (χ0) is 39.2. The first-order valence-corrected chi connectivity index (χ1v) is 21.2. The third-order valence-electron chi connectivity index (χ3n) is 12.1. The number of para-hydroxylation sites is 4. The van der Waals surface area contributed by atoms with Gasteiger partial charge in [-0.3, -0.25) is 0 Å². The van der Waals surface area contributed by atoms with Crippen LogP contribution in [-0.2, 0) is 23.1 Å². The smallest absolute Gasteiger partial charge is 0.310 e. The number of hydrogen-bond acceptors (Lipinski definition) is 4. The molecule has 0 fully saturated rings. The molecule has 280 valence electrons. The first kappa shape index (κ1) is 33.8. The first-order chi connectivity index (χ1) is 29.0. The van der Waals surface area contributed by atoms with Crippen molar-refractivity contribution in [2.75, 3.05) is 9.80 Å². The van der Waals surface area contributed by atoms with Crippen LogP contribution in [0.3, 0.4) is 0 Å². The zero-order valence-corrected chi connectivity index (χ0v) is 32.6. The number of hydrogen-bond donors (Lipinski definition) is 0. The van der Waals surface area contributed by atoms with Gasteiger partial charge in [0.05, 0.1) is 0 Å². The highest BCUT2D eigenvalue weighted by Gasteiger charge is 2.25. The van der Waals surface area contributed by atoms with Crippen molar-refractivity contribution in [1.82, 2.24) is 0 Å². The van der Waals surface area contributed by atoms with E-state index in [2.05, 4.69) is 201 Å². The summed E-state index contributed by atoms with van der Waals surface area (Å²) in [5.41, 5.74) is 16.1. The van der Waals surface area contributed by atoms with Crippen molar-refractivity contribution in [3.05, 3.63) is 215 Å². The molecule has 0 N–H and O–H groups in total. The molecule has 3 aliphatic rings. The van der Waals surface area contributed by atoms with Gasteiger partial charge in [-0.1, -0.05) is 121 Å². The van der Waals surface area contributed by atoms with Crippen LogP contribution in [0.4, 0.5) is 34.1 Å². The van der Waals surface area contributed by atoms with E-state index in [1.807, 2.05) is 0 Å². The predicted molar refractivity (Wildman–Crippen MR) is 239 cm³/mol. The molecule has 3 heterocycles. The Hall–Kier alpha value is -7.35. The Labute approximate surface area is 341 Å². The molecule has 7 heteroatoms. The van der Waals surface area contributed by atoms with E-state index >= 15 is 0 Å². The van der Waals surface area contributed by atoms with Crippen molar-refractivity contribution in [2.24, 2.45) is 8.80 Å². The maximum absolute atomic E-state index is 13.1. The lowest BCUT2D eigenvalue weighted by molar-refractivity contribution is 0.599. The van der Waals surface area contributed by atoms with Gasteiger partial charge >= 0.3 is 10.2 Å². The number of anilines is 6. The van der Waals surface area contributed by atoms with E-state index in [4.69, 9.17) is 0 Å². The maximum Gasteiger partial charge on any atom is 0.364 e. The third kappa shape index (κ3) is 5.43. The molecule has 6 nitrogen and oxygen atoms in total. The van der Waals surface area contributed by atoms with Gasteiger partial charge < -0.3 is 9.80 Å². The second kappa shape index (κ2) is 12.8. The molecule has 0 bridgehead atoms. The van der Waals surface area contributed by atoms with Gasteiger partial charge in [0.15, 0.2) is 0 Å². The van der Waals surface area contributed by atoms with E-state index < -0.39 is 10.2 Å². The molecule has 59 heavy (non-hydrogen) atoms. The van der Waals surface area contributed by atoms with E-state index in [-0.39, 0.29) is 0 Å². The van der Waals surface area contributed by atoms with Crippen LogP contribution in [0.5, 0.6) is 0 Å². The van der Waals surface area contributed by atoms with Gasteiger partial charge in [-0.05, 0) is 116 Å². The standard InChI is InChI=1S/C52H34N4O2S/c57-59(58)53-51-45-31-35(33-17-23-41(24-18-33)55-47-13-5-1-9-37(47)29-38-10-2-6-14-48(38)55)21-27-43(45)44-28-22-36(32-46(44)52(51)54-59)34-19-25-42(26-20-34)56-49-15-7-3-11-39(49)30-40-12-4-8-16-50(40)56/h1-28,31-32H,29-30H2. The SMILES string of the molecule is O=S1(=O)N=c2c(c3cc(-c4ccc(N5c6ccccc6Cc6ccccc65)cc4)ccc3c3ccc(-c4ccc(N5c6ccccc6Cc6ccccc65)cc4)cc23)=N1. The molecule has 12 rings (SSSR count). The summed E-state index contributed by atoms with van der Waals surface area (Å²) in [6, 6.07) is 64.0. The monoisotopic (exact) mass is 778 g/mol. The Bertz CT molecular complexity index is 3160. The molecule has 3 aliphatic heterocycles. The fourth-order valence-corrected chi connectivity index (χ4v) is 10.2. The number of benzene rings is 9. The van der Waals surface area contributed by atoms with Crippen molar-refractivity contribution in [3.8, 4) is 22.3 Å². The van der Waals surface area contributed by atoms with E-state index in [0.717, 1.165) is 68.0 Å². The second-order valence-corrected chi connectivity index (χ2v) is 16.7. The molecule has 0 saturated heterocycles. The van der Waals surface area contributed by atoms with Gasteiger partial charge in [0.1, 0.15) is 10.7 Å². The molecule has 0 unspecified atom stereocenters. The average molecular weight is 779 g/mol. The minimum atomic E-state index is -4.04. The van der Waals surface area contributed by atoms with Gasteiger partial charge in [0.2, 0.25) is 0 Å². The molecule has 0 aliphatic carbocycles. The van der Waals surface area contributed by atoms with Crippen molar-refractivity contribution in [3.63, 3.8) is 0 Å². The lowest BCUT2D eigenvalue weighted by Crippen LogP contribution is -2.23. The van der Waals surface area contributed by atoms with Crippen LogP contribution in [0.1, 0.15) is 22.3 Å². The fourth-order valence-electron chi connectivity index (χ4n) is 9.35. The first-order valence-electron chi connectivity index (χ1n) is 19.8. The Morgan fingerprint density at radius 2 is 0.678 bits per heavy atom. The molecule has 0 amide bonds. The Balaban J connectivity index is 0.922. The number of rotatable bonds is 4. The van der Waals surface area contributed by atoms with E-state index in [1.54, 1.807) is 0 Å². The molecule has 0 saturated carbocycles. The van der Waals surface area contributed by atoms with E-state index in [1.165, 1.54) is 45.0 Å². The van der Waals surface area contributed by atoms with Crippen LogP contribution in [0.25, 0.3) is 43.8 Å². The zero-order valence-electron chi connectivity index (χ0n) is 31.7. The molecule has 9 aromatic rings. The van der Waals surface area contributed by atoms with Crippen LogP contribution in [0.2, 0.25) is 0 Å². The van der Waals surface area contributed by atoms with Crippen LogP contribution in [-0.4, -0.2) is 8.42 Å². The molecule has 9 aromatic carbocycles. The highest BCUT2D eigenvalue weighted by Crippen LogP contribution is 2.45. The number of nitrogens with zero attached hydrogens (tertiary/aromatic N) is 4. The summed E-state index contributed by atoms with van der Waals surface area (Å²) in [4.78, 5) is 4.66. The van der Waals surface area contributed by atoms with Crippen molar-refractivity contribution < 1.29 is 8.42 Å². The minimum Gasteiger partial charge on any atom is -0.310 e. The van der Waals surface area contributed by atoms with Gasteiger partial charge in [-0.2, -0.15) is 8.42 Å². The van der Waals surface area contributed by atoms with Crippen molar-refractivity contribution in [1.29, 1.82) is 0 Å². The molecule has 0 spiro atoms. The van der Waals surface area contributed by atoms with Crippen LogP contribution in [0.15, 0.2) is 191 Å². The molecule has 0 atom stereocenters. The summed E-state index contributed by atoms with van der Waals surface area (Å²) in [5, 5.41) is 4.17. The topological polar surface area (TPSA) is 65.3 Å². The fraction of sp³-hybridized carbons (Fsp3) is 0.0385. The predicted octanol–water partition coefficient (Wildman–Crippen LogP) is 11.6. The van der Waals surface area contributed by atoms with Gasteiger partial charge in [-0.25, -0.2) is 0 Å². The summed E-state index contributed by atoms with van der Waals surface area (Å²) >= 11 is 0. The molecule has 0 aromatic heterocycles. The molecule has 0 radical (unpaired) electrons. The van der Waals surface area contributed by atoms with E-state index in [9.17, 15) is 8.42 Å². The summed E-state index contributed by atoms with van der Waals surface area (Å²) in [6.45, 7) is 0. The third-order valence-corrected chi connectivity index (χ3v) is 12.9. The van der Waals surface area contributed by atoms with Crippen molar-refractivity contribution >= 4 is 65.9 Å². The van der Waals surface area contributed by atoms with Crippen LogP contribution in [0, 0.1) is 0 Å². The average Bonchev–Trinajstić information content (AvgIpc) is 3.62. The van der Waals surface area contributed by atoms with Crippen LogP contribution < -0.4 is 20.5 Å². The molecular weight excluding hydrogens is 745 g/mol.